The molecule has 2 aromatic rings. The van der Waals surface area contributed by atoms with Crippen molar-refractivity contribution in [2.24, 2.45) is 0 Å². The summed E-state index contributed by atoms with van der Waals surface area (Å²) in [7, 11) is -3.68. The summed E-state index contributed by atoms with van der Waals surface area (Å²) < 4.78 is 27.1. The number of hydrogen-bond acceptors (Lipinski definition) is 4. The van der Waals surface area contributed by atoms with E-state index in [0.717, 1.165) is 19.3 Å². The van der Waals surface area contributed by atoms with Crippen LogP contribution in [-0.4, -0.2) is 13.4 Å². The zero-order valence-corrected chi connectivity index (χ0v) is 12.0. The molecule has 0 bridgehead atoms. The van der Waals surface area contributed by atoms with Gasteiger partial charge in [0.05, 0.1) is 0 Å². The lowest BCUT2D eigenvalue weighted by Crippen LogP contribution is -2.13. The third-order valence-electron chi connectivity index (χ3n) is 3.51. The molecule has 0 unspecified atom stereocenters. The van der Waals surface area contributed by atoms with Crippen molar-refractivity contribution in [2.75, 3.05) is 4.72 Å². The molecule has 5 nitrogen and oxygen atoms in total. The molecular weight excluding hydrogens is 286 g/mol. The summed E-state index contributed by atoms with van der Waals surface area (Å²) in [6, 6.07) is 10.3. The Morgan fingerprint density at radius 1 is 1.14 bits per heavy atom. The maximum absolute atomic E-state index is 12.3. The number of nitrogens with zero attached hydrogens (tertiary/aromatic N) is 2. The third-order valence-corrected chi connectivity index (χ3v) is 4.88. The van der Waals surface area contributed by atoms with Crippen LogP contribution >= 0.6 is 0 Å². The fourth-order valence-corrected chi connectivity index (χ4v) is 3.45. The van der Waals surface area contributed by atoms with Crippen LogP contribution in [0.4, 0.5) is 5.69 Å². The van der Waals surface area contributed by atoms with Crippen LogP contribution in [0.15, 0.2) is 41.4 Å². The van der Waals surface area contributed by atoms with Crippen molar-refractivity contribution in [3.05, 3.63) is 53.3 Å². The molecule has 1 aliphatic rings. The lowest BCUT2D eigenvalue weighted by atomic mass is 10.1. The molecule has 21 heavy (non-hydrogen) atoms. The largest absolute Gasteiger partial charge is 0.280 e. The normalized spacial score (nSPS) is 13.5. The van der Waals surface area contributed by atoms with E-state index >= 15 is 0 Å². The Morgan fingerprint density at radius 3 is 2.67 bits per heavy atom. The van der Waals surface area contributed by atoms with Gasteiger partial charge >= 0.3 is 0 Å². The van der Waals surface area contributed by atoms with Crippen LogP contribution in [-0.2, 0) is 22.9 Å². The zero-order chi connectivity index (χ0) is 14.9. The summed E-state index contributed by atoms with van der Waals surface area (Å²) in [6.45, 7) is 0. The highest BCUT2D eigenvalue weighted by Crippen LogP contribution is 2.26. The van der Waals surface area contributed by atoms with Gasteiger partial charge < -0.3 is 0 Å². The first-order valence-corrected chi connectivity index (χ1v) is 8.07. The van der Waals surface area contributed by atoms with Crippen molar-refractivity contribution in [1.82, 2.24) is 4.98 Å². The van der Waals surface area contributed by atoms with E-state index in [9.17, 15) is 8.42 Å². The highest BCUT2D eigenvalue weighted by atomic mass is 32.2. The van der Waals surface area contributed by atoms with E-state index in [1.165, 1.54) is 29.5 Å². The molecule has 106 valence electrons. The second-order valence-electron chi connectivity index (χ2n) is 4.93. The molecule has 6 heteroatoms. The quantitative estimate of drug-likeness (QED) is 0.942. The van der Waals surface area contributed by atoms with Crippen molar-refractivity contribution in [2.45, 2.75) is 24.2 Å². The summed E-state index contributed by atoms with van der Waals surface area (Å²) in [4.78, 5) is 3.83. The first kappa shape index (κ1) is 13.6. The van der Waals surface area contributed by atoms with Gasteiger partial charge in [-0.25, -0.2) is 13.4 Å². The van der Waals surface area contributed by atoms with Crippen molar-refractivity contribution in [1.29, 1.82) is 5.26 Å². The van der Waals surface area contributed by atoms with Crippen molar-refractivity contribution >= 4 is 15.7 Å². The van der Waals surface area contributed by atoms with Gasteiger partial charge in [-0.3, -0.25) is 4.72 Å². The summed E-state index contributed by atoms with van der Waals surface area (Å²) >= 11 is 0. The molecule has 0 saturated carbocycles. The smallest absolute Gasteiger partial charge is 0.263 e. The average molecular weight is 299 g/mol. The lowest BCUT2D eigenvalue weighted by Gasteiger charge is -2.09. The Hall–Kier alpha value is -2.39. The van der Waals surface area contributed by atoms with Gasteiger partial charge in [0.25, 0.3) is 10.0 Å². The molecule has 0 atom stereocenters. The fourth-order valence-electron chi connectivity index (χ4n) is 2.45. The maximum Gasteiger partial charge on any atom is 0.263 e. The van der Waals surface area contributed by atoms with Crippen LogP contribution in [0.25, 0.3) is 0 Å². The lowest BCUT2D eigenvalue weighted by molar-refractivity contribution is 0.601. The molecule has 0 aliphatic heterocycles. The summed E-state index contributed by atoms with van der Waals surface area (Å²) in [5, 5.41) is 8.68. The first-order valence-electron chi connectivity index (χ1n) is 6.59. The molecule has 1 heterocycles. The predicted octanol–water partition coefficient (Wildman–Crippen LogP) is 2.24. The molecule has 1 N–H and O–H groups in total. The van der Waals surface area contributed by atoms with Crippen molar-refractivity contribution < 1.29 is 8.42 Å². The molecule has 3 rings (SSSR count). The number of pyridine rings is 1. The number of aryl methyl sites for hydroxylation is 2. The topological polar surface area (TPSA) is 82.8 Å². The fraction of sp³-hybridized carbons (Fsp3) is 0.200. The van der Waals surface area contributed by atoms with Crippen molar-refractivity contribution in [3.63, 3.8) is 0 Å². The molecule has 1 aliphatic carbocycles. The average Bonchev–Trinajstić information content (AvgIpc) is 2.94. The number of hydrogen-bond donors (Lipinski definition) is 1. The van der Waals surface area contributed by atoms with E-state index < -0.39 is 10.0 Å². The van der Waals surface area contributed by atoms with Crippen LogP contribution in [0.5, 0.6) is 0 Å². The Balaban J connectivity index is 1.87. The molecular formula is C15H13N3O2S. The van der Waals surface area contributed by atoms with E-state index in [1.807, 2.05) is 18.2 Å². The summed E-state index contributed by atoms with van der Waals surface area (Å²) in [5.41, 5.74) is 3.23. The Bertz CT molecular complexity index is 821. The third kappa shape index (κ3) is 2.73. The van der Waals surface area contributed by atoms with Gasteiger partial charge in [-0.1, -0.05) is 6.07 Å². The van der Waals surface area contributed by atoms with Crippen molar-refractivity contribution in [3.8, 4) is 6.07 Å². The van der Waals surface area contributed by atoms with Gasteiger partial charge in [0.15, 0.2) is 0 Å². The number of aromatic nitrogens is 1. The second-order valence-corrected chi connectivity index (χ2v) is 6.62. The molecule has 0 saturated heterocycles. The molecule has 0 amide bonds. The van der Waals surface area contributed by atoms with Gasteiger partial charge in [-0.2, -0.15) is 5.26 Å². The van der Waals surface area contributed by atoms with Crippen LogP contribution in [0.3, 0.4) is 0 Å². The van der Waals surface area contributed by atoms with Crippen LogP contribution in [0, 0.1) is 11.3 Å². The molecule has 1 aromatic heterocycles. The summed E-state index contributed by atoms with van der Waals surface area (Å²) in [6.07, 6.45) is 4.35. The Kier molecular flexibility index (Phi) is 3.35. The number of rotatable bonds is 3. The first-order chi connectivity index (χ1) is 10.1. The van der Waals surface area contributed by atoms with Crippen LogP contribution < -0.4 is 4.72 Å². The molecule has 0 spiro atoms. The van der Waals surface area contributed by atoms with Gasteiger partial charge in [0.2, 0.25) is 0 Å². The number of sulfonamides is 1. The molecule has 1 aromatic carbocycles. The van der Waals surface area contributed by atoms with E-state index in [0.29, 0.717) is 5.69 Å². The highest BCUT2D eigenvalue weighted by Gasteiger charge is 2.17. The van der Waals surface area contributed by atoms with E-state index in [2.05, 4.69) is 9.71 Å². The SMILES string of the molecule is N#Cc1ccc(S(=O)(=O)Nc2ccc3c(c2)CCC3)cn1. The number of nitrogens with one attached hydrogen (secondary N) is 1. The number of benzene rings is 1. The van der Waals surface area contributed by atoms with Crippen LogP contribution in [0.2, 0.25) is 0 Å². The molecule has 0 fully saturated rings. The van der Waals surface area contributed by atoms with E-state index in [1.54, 1.807) is 6.07 Å². The minimum absolute atomic E-state index is 0.0435. The number of fused-ring (bicyclic) bond motifs is 1. The van der Waals surface area contributed by atoms with Gasteiger partial charge in [0, 0.05) is 11.9 Å². The maximum atomic E-state index is 12.3. The standard InChI is InChI=1S/C15H13N3O2S/c16-9-14-6-7-15(10-17-14)21(19,20)18-13-5-4-11-2-1-3-12(11)8-13/h4-8,10,18H,1-3H2. The highest BCUT2D eigenvalue weighted by molar-refractivity contribution is 7.92. The van der Waals surface area contributed by atoms with Gasteiger partial charge in [0.1, 0.15) is 16.7 Å². The van der Waals surface area contributed by atoms with Gasteiger partial charge in [-0.05, 0) is 54.7 Å². The van der Waals surface area contributed by atoms with E-state index in [4.69, 9.17) is 5.26 Å². The van der Waals surface area contributed by atoms with Gasteiger partial charge in [-0.15, -0.1) is 0 Å². The number of anilines is 1. The predicted molar refractivity (Wildman–Crippen MR) is 78.2 cm³/mol. The minimum atomic E-state index is -3.68. The monoisotopic (exact) mass is 299 g/mol. The summed E-state index contributed by atoms with van der Waals surface area (Å²) in [5.74, 6) is 0. The number of nitriles is 1. The van der Waals surface area contributed by atoms with E-state index in [-0.39, 0.29) is 10.6 Å². The zero-order valence-electron chi connectivity index (χ0n) is 11.2. The Labute approximate surface area is 123 Å². The minimum Gasteiger partial charge on any atom is -0.280 e. The second kappa shape index (κ2) is 5.19. The Morgan fingerprint density at radius 2 is 1.95 bits per heavy atom. The molecule has 0 radical (unpaired) electrons. The van der Waals surface area contributed by atoms with Crippen LogP contribution in [0.1, 0.15) is 23.2 Å².